The lowest BCUT2D eigenvalue weighted by Crippen LogP contribution is -2.49. The van der Waals surface area contributed by atoms with Crippen molar-refractivity contribution in [2.75, 3.05) is 31.1 Å². The lowest BCUT2D eigenvalue weighted by molar-refractivity contribution is 0.0746. The van der Waals surface area contributed by atoms with Crippen LogP contribution in [0.25, 0.3) is 10.8 Å². The van der Waals surface area contributed by atoms with E-state index in [2.05, 4.69) is 26.2 Å². The van der Waals surface area contributed by atoms with Gasteiger partial charge in [-0.2, -0.15) is 10.4 Å². The number of hydrogen-bond donors (Lipinski definition) is 1. The largest absolute Gasteiger partial charge is 0.488 e. The topological polar surface area (TPSA) is 115 Å². The van der Waals surface area contributed by atoms with Gasteiger partial charge in [0.2, 0.25) is 0 Å². The highest BCUT2D eigenvalue weighted by molar-refractivity contribution is 5.94. The van der Waals surface area contributed by atoms with E-state index in [1.807, 2.05) is 35.2 Å². The van der Waals surface area contributed by atoms with Crippen LogP contribution in [0, 0.1) is 11.3 Å². The summed E-state index contributed by atoms with van der Waals surface area (Å²) in [5.41, 5.74) is 1.80. The second-order valence-electron chi connectivity index (χ2n) is 8.20. The summed E-state index contributed by atoms with van der Waals surface area (Å²) in [4.78, 5) is 33.2. The van der Waals surface area contributed by atoms with Crippen molar-refractivity contribution in [1.82, 2.24) is 20.1 Å². The Morgan fingerprint density at radius 2 is 1.80 bits per heavy atom. The summed E-state index contributed by atoms with van der Waals surface area (Å²) in [5.74, 6) is 1.38. The van der Waals surface area contributed by atoms with Crippen LogP contribution in [-0.4, -0.2) is 52.2 Å². The minimum absolute atomic E-state index is 0.00995. The first-order chi connectivity index (χ1) is 17.1. The first-order valence-corrected chi connectivity index (χ1v) is 11.2. The molecule has 0 atom stereocenters. The third kappa shape index (κ3) is 4.68. The molecule has 35 heavy (non-hydrogen) atoms. The Morgan fingerprint density at radius 3 is 2.51 bits per heavy atom. The van der Waals surface area contributed by atoms with Crippen LogP contribution in [0.5, 0.6) is 5.75 Å². The Hall–Kier alpha value is -4.71. The second kappa shape index (κ2) is 9.65. The molecule has 1 N–H and O–H groups in total. The molecule has 1 amide bonds. The number of piperazine rings is 1. The molecule has 0 bridgehead atoms. The number of carbonyl (C=O) groups excluding carboxylic acids is 1. The number of aromatic amines is 1. The van der Waals surface area contributed by atoms with Gasteiger partial charge >= 0.3 is 0 Å². The molecule has 9 heteroatoms. The van der Waals surface area contributed by atoms with E-state index in [0.717, 1.165) is 11.4 Å². The number of fused-ring (bicyclic) bond motifs is 1. The zero-order chi connectivity index (χ0) is 24.2. The molecule has 0 saturated carbocycles. The second-order valence-corrected chi connectivity index (χ2v) is 8.20. The predicted octanol–water partition coefficient (Wildman–Crippen LogP) is 2.73. The van der Waals surface area contributed by atoms with Gasteiger partial charge in [0.25, 0.3) is 11.5 Å². The zero-order valence-corrected chi connectivity index (χ0v) is 18.8. The van der Waals surface area contributed by atoms with Crippen LogP contribution < -0.4 is 15.2 Å². The lowest BCUT2D eigenvalue weighted by Gasteiger charge is -2.35. The van der Waals surface area contributed by atoms with E-state index in [1.165, 1.54) is 0 Å². The number of nitriles is 1. The monoisotopic (exact) mass is 466 g/mol. The molecule has 0 spiro atoms. The van der Waals surface area contributed by atoms with Crippen LogP contribution in [0.15, 0.2) is 71.8 Å². The van der Waals surface area contributed by atoms with Gasteiger partial charge in [0.05, 0.1) is 17.1 Å². The molecular weight excluding hydrogens is 444 g/mol. The summed E-state index contributed by atoms with van der Waals surface area (Å²) in [6, 6.07) is 18.3. The number of pyridine rings is 1. The highest BCUT2D eigenvalue weighted by atomic mass is 16.5. The summed E-state index contributed by atoms with van der Waals surface area (Å²) in [5, 5.41) is 16.4. The van der Waals surface area contributed by atoms with Crippen molar-refractivity contribution in [3.8, 4) is 11.8 Å². The summed E-state index contributed by atoms with van der Waals surface area (Å²) in [6.07, 6.45) is 3.14. The average Bonchev–Trinajstić information content (AvgIpc) is 2.92. The Balaban J connectivity index is 1.19. The molecule has 5 rings (SSSR count). The van der Waals surface area contributed by atoms with E-state index in [1.54, 1.807) is 36.7 Å². The fourth-order valence-corrected chi connectivity index (χ4v) is 4.08. The standard InChI is InChI=1S/C26H22N6O3/c27-14-19-6-9-24(28-15-19)31-10-12-32(13-11-31)26(34)20-7-4-18(5-8-20)17-35-23-3-1-2-21-22(23)16-29-30-25(21)33/h1-9,15-16H,10-13,17H2,(H,30,33). The van der Waals surface area contributed by atoms with Gasteiger partial charge in [0.15, 0.2) is 0 Å². The normalized spacial score (nSPS) is 13.5. The van der Waals surface area contributed by atoms with Gasteiger partial charge in [-0.15, -0.1) is 0 Å². The van der Waals surface area contributed by atoms with Crippen LogP contribution in [0.3, 0.4) is 0 Å². The Kier molecular flexibility index (Phi) is 6.09. The molecule has 1 fully saturated rings. The number of ether oxygens (including phenoxy) is 1. The molecule has 3 heterocycles. The highest BCUT2D eigenvalue weighted by Crippen LogP contribution is 2.23. The number of rotatable bonds is 5. The van der Waals surface area contributed by atoms with Crippen molar-refractivity contribution in [2.45, 2.75) is 6.61 Å². The van der Waals surface area contributed by atoms with Gasteiger partial charge in [-0.3, -0.25) is 9.59 Å². The molecule has 0 radical (unpaired) electrons. The number of hydrogen-bond acceptors (Lipinski definition) is 7. The third-order valence-corrected chi connectivity index (χ3v) is 6.03. The van der Waals surface area contributed by atoms with Crippen LogP contribution in [0.1, 0.15) is 21.5 Å². The van der Waals surface area contributed by atoms with E-state index < -0.39 is 0 Å². The predicted molar refractivity (Wildman–Crippen MR) is 130 cm³/mol. The molecule has 2 aromatic heterocycles. The summed E-state index contributed by atoms with van der Waals surface area (Å²) < 4.78 is 5.93. The number of nitrogens with one attached hydrogen (secondary N) is 1. The van der Waals surface area contributed by atoms with Gasteiger partial charge in [-0.05, 0) is 42.0 Å². The van der Waals surface area contributed by atoms with E-state index in [9.17, 15) is 9.59 Å². The number of anilines is 1. The summed E-state index contributed by atoms with van der Waals surface area (Å²) >= 11 is 0. The molecule has 4 aromatic rings. The van der Waals surface area contributed by atoms with Gasteiger partial charge in [-0.1, -0.05) is 18.2 Å². The quantitative estimate of drug-likeness (QED) is 0.481. The Bertz CT molecular complexity index is 1450. The van der Waals surface area contributed by atoms with E-state index >= 15 is 0 Å². The molecule has 0 aliphatic carbocycles. The number of benzene rings is 2. The number of H-pyrrole nitrogens is 1. The molecular formula is C26H22N6O3. The smallest absolute Gasteiger partial charge is 0.272 e. The van der Waals surface area contributed by atoms with Crippen molar-refractivity contribution in [3.05, 3.63) is 94.0 Å². The molecule has 9 nitrogen and oxygen atoms in total. The van der Waals surface area contributed by atoms with E-state index in [-0.39, 0.29) is 11.5 Å². The minimum atomic E-state index is -0.259. The van der Waals surface area contributed by atoms with Gasteiger partial charge in [-0.25, -0.2) is 10.1 Å². The fraction of sp³-hybridized carbons (Fsp3) is 0.192. The highest BCUT2D eigenvalue weighted by Gasteiger charge is 2.23. The molecule has 2 aromatic carbocycles. The van der Waals surface area contributed by atoms with E-state index in [0.29, 0.717) is 60.4 Å². The minimum Gasteiger partial charge on any atom is -0.488 e. The number of carbonyl (C=O) groups is 1. The van der Waals surface area contributed by atoms with Crippen molar-refractivity contribution in [3.63, 3.8) is 0 Å². The Labute approximate surface area is 201 Å². The van der Waals surface area contributed by atoms with Crippen LogP contribution in [0.4, 0.5) is 5.82 Å². The third-order valence-electron chi connectivity index (χ3n) is 6.03. The Morgan fingerprint density at radius 1 is 1.00 bits per heavy atom. The molecule has 1 saturated heterocycles. The van der Waals surface area contributed by atoms with Crippen LogP contribution >= 0.6 is 0 Å². The maximum absolute atomic E-state index is 13.0. The first-order valence-electron chi connectivity index (χ1n) is 11.2. The summed E-state index contributed by atoms with van der Waals surface area (Å²) in [7, 11) is 0. The number of amides is 1. The molecule has 1 aliphatic rings. The van der Waals surface area contributed by atoms with Crippen molar-refractivity contribution in [2.24, 2.45) is 0 Å². The van der Waals surface area contributed by atoms with E-state index in [4.69, 9.17) is 10.00 Å². The molecule has 174 valence electrons. The number of nitrogens with zero attached hydrogens (tertiary/aromatic N) is 5. The first kappa shape index (κ1) is 22.1. The maximum Gasteiger partial charge on any atom is 0.272 e. The number of aromatic nitrogens is 3. The SMILES string of the molecule is N#Cc1ccc(N2CCN(C(=O)c3ccc(COc4cccc5c(=O)[nH]ncc45)cc3)CC2)nc1. The van der Waals surface area contributed by atoms with Gasteiger partial charge < -0.3 is 14.5 Å². The molecule has 1 aliphatic heterocycles. The van der Waals surface area contributed by atoms with Crippen LogP contribution in [-0.2, 0) is 6.61 Å². The van der Waals surface area contributed by atoms with Crippen molar-refractivity contribution in [1.29, 1.82) is 5.26 Å². The average molecular weight is 467 g/mol. The van der Waals surface area contributed by atoms with Crippen molar-refractivity contribution < 1.29 is 9.53 Å². The maximum atomic E-state index is 13.0. The van der Waals surface area contributed by atoms with Gasteiger partial charge in [0, 0.05) is 43.3 Å². The fourth-order valence-electron chi connectivity index (χ4n) is 4.08. The van der Waals surface area contributed by atoms with Gasteiger partial charge in [0.1, 0.15) is 24.2 Å². The zero-order valence-electron chi connectivity index (χ0n) is 18.8. The van der Waals surface area contributed by atoms with Crippen molar-refractivity contribution >= 4 is 22.5 Å². The summed E-state index contributed by atoms with van der Waals surface area (Å²) in [6.45, 7) is 2.86. The van der Waals surface area contributed by atoms with Crippen LogP contribution in [0.2, 0.25) is 0 Å². The lowest BCUT2D eigenvalue weighted by atomic mass is 10.1. The molecule has 0 unspecified atom stereocenters.